The van der Waals surface area contributed by atoms with Crippen molar-refractivity contribution in [2.75, 3.05) is 11.5 Å². The van der Waals surface area contributed by atoms with Gasteiger partial charge in [-0.1, -0.05) is 0 Å². The normalized spacial score (nSPS) is 26.4. The molecule has 20 heavy (non-hydrogen) atoms. The third-order valence-corrected chi connectivity index (χ3v) is 4.70. The van der Waals surface area contributed by atoms with E-state index in [0.717, 1.165) is 0 Å². The van der Waals surface area contributed by atoms with Crippen molar-refractivity contribution < 1.29 is 27.9 Å². The highest BCUT2D eigenvalue weighted by atomic mass is 32.2. The van der Waals surface area contributed by atoms with Crippen molar-refractivity contribution >= 4 is 21.9 Å². The lowest BCUT2D eigenvalue weighted by atomic mass is 9.95. The van der Waals surface area contributed by atoms with Gasteiger partial charge in [0.2, 0.25) is 0 Å². The van der Waals surface area contributed by atoms with Gasteiger partial charge in [-0.15, -0.1) is 0 Å². The van der Waals surface area contributed by atoms with Crippen molar-refractivity contribution in [3.05, 3.63) is 0 Å². The van der Waals surface area contributed by atoms with E-state index >= 15 is 0 Å². The molecule has 1 amide bonds. The van der Waals surface area contributed by atoms with E-state index < -0.39 is 39.5 Å². The number of alkyl carbamates (subject to hydrolysis) is 1. The Labute approximate surface area is 118 Å². The van der Waals surface area contributed by atoms with Crippen LogP contribution in [-0.2, 0) is 19.4 Å². The van der Waals surface area contributed by atoms with Crippen LogP contribution in [-0.4, -0.2) is 48.7 Å². The second-order valence-electron chi connectivity index (χ2n) is 5.93. The first-order valence-electron chi connectivity index (χ1n) is 6.43. The van der Waals surface area contributed by atoms with Gasteiger partial charge >= 0.3 is 12.1 Å². The minimum Gasteiger partial charge on any atom is -0.481 e. The summed E-state index contributed by atoms with van der Waals surface area (Å²) in [5.74, 6) is -2.32. The van der Waals surface area contributed by atoms with Gasteiger partial charge in [-0.3, -0.25) is 4.79 Å². The number of ether oxygens (including phenoxy) is 1. The second kappa shape index (κ2) is 5.99. The number of carboxylic acid groups (broad SMARTS) is 1. The smallest absolute Gasteiger partial charge is 0.407 e. The zero-order chi connectivity index (χ0) is 15.6. The van der Waals surface area contributed by atoms with Gasteiger partial charge in [-0.2, -0.15) is 0 Å². The van der Waals surface area contributed by atoms with Gasteiger partial charge in [-0.25, -0.2) is 13.2 Å². The van der Waals surface area contributed by atoms with Gasteiger partial charge in [0, 0.05) is 6.04 Å². The number of hydrogen-bond donors (Lipinski definition) is 2. The molecule has 8 heteroatoms. The second-order valence-corrected chi connectivity index (χ2v) is 8.23. The average Bonchev–Trinajstić information content (AvgIpc) is 2.35. The predicted molar refractivity (Wildman–Crippen MR) is 72.2 cm³/mol. The Balaban J connectivity index is 2.78. The summed E-state index contributed by atoms with van der Waals surface area (Å²) in [5.41, 5.74) is -0.695. The maximum absolute atomic E-state index is 11.7. The number of carbonyl (C=O) groups is 2. The first kappa shape index (κ1) is 16.7. The summed E-state index contributed by atoms with van der Waals surface area (Å²) < 4.78 is 28.2. The Morgan fingerprint density at radius 1 is 1.20 bits per heavy atom. The zero-order valence-electron chi connectivity index (χ0n) is 11.9. The molecule has 0 aromatic heterocycles. The minimum absolute atomic E-state index is 0.00185. The third-order valence-electron chi connectivity index (χ3n) is 2.98. The summed E-state index contributed by atoms with van der Waals surface area (Å²) >= 11 is 0. The molecule has 1 saturated heterocycles. The minimum atomic E-state index is -3.24. The number of amides is 1. The quantitative estimate of drug-likeness (QED) is 0.780. The molecule has 2 N–H and O–H groups in total. The van der Waals surface area contributed by atoms with E-state index in [0.29, 0.717) is 0 Å². The van der Waals surface area contributed by atoms with E-state index in [1.807, 2.05) is 0 Å². The van der Waals surface area contributed by atoms with Crippen LogP contribution in [0.15, 0.2) is 0 Å². The summed E-state index contributed by atoms with van der Waals surface area (Å²) in [6, 6.07) is -0.736. The number of aliphatic carboxylic acids is 1. The average molecular weight is 307 g/mol. The lowest BCUT2D eigenvalue weighted by molar-refractivity contribution is -0.142. The fourth-order valence-electron chi connectivity index (χ4n) is 2.04. The number of carboxylic acids is 1. The number of carbonyl (C=O) groups excluding carboxylic acids is 1. The molecular weight excluding hydrogens is 286 g/mol. The van der Waals surface area contributed by atoms with E-state index in [-0.39, 0.29) is 24.3 Å². The summed E-state index contributed by atoms with van der Waals surface area (Å²) in [6.45, 7) is 5.08. The molecule has 0 spiro atoms. The highest BCUT2D eigenvalue weighted by Crippen LogP contribution is 2.20. The first-order chi connectivity index (χ1) is 9.00. The summed E-state index contributed by atoms with van der Waals surface area (Å²) in [6.07, 6.45) is -0.649. The number of sulfone groups is 1. The Morgan fingerprint density at radius 2 is 1.75 bits per heavy atom. The molecule has 2 unspecified atom stereocenters. The fraction of sp³-hybridized carbons (Fsp3) is 0.833. The summed E-state index contributed by atoms with van der Waals surface area (Å²) in [7, 11) is -3.24. The maximum atomic E-state index is 11.7. The van der Waals surface area contributed by atoms with Crippen LogP contribution in [0.4, 0.5) is 4.79 Å². The van der Waals surface area contributed by atoms with Crippen LogP contribution < -0.4 is 5.32 Å². The van der Waals surface area contributed by atoms with E-state index in [4.69, 9.17) is 9.84 Å². The molecule has 0 aromatic rings. The molecule has 1 aliphatic heterocycles. The molecule has 0 radical (unpaired) electrons. The van der Waals surface area contributed by atoms with Crippen LogP contribution in [0.5, 0.6) is 0 Å². The molecule has 1 rings (SSSR count). The molecule has 0 bridgehead atoms. The lowest BCUT2D eigenvalue weighted by Gasteiger charge is -2.25. The SMILES string of the molecule is CC(C)(C)OC(=O)NC1CCS(=O)(=O)CCC1C(=O)O. The number of rotatable bonds is 2. The van der Waals surface area contributed by atoms with Crippen LogP contribution in [0.25, 0.3) is 0 Å². The van der Waals surface area contributed by atoms with Crippen molar-refractivity contribution in [2.24, 2.45) is 5.92 Å². The van der Waals surface area contributed by atoms with Gasteiger partial charge in [0.05, 0.1) is 17.4 Å². The van der Waals surface area contributed by atoms with E-state index in [1.54, 1.807) is 20.8 Å². The van der Waals surface area contributed by atoms with Gasteiger partial charge < -0.3 is 15.2 Å². The number of nitrogens with one attached hydrogen (secondary N) is 1. The molecular formula is C12H21NO6S. The van der Waals surface area contributed by atoms with Crippen molar-refractivity contribution in [1.82, 2.24) is 5.32 Å². The molecule has 1 aliphatic rings. The van der Waals surface area contributed by atoms with Crippen molar-refractivity contribution in [2.45, 2.75) is 45.3 Å². The fourth-order valence-corrected chi connectivity index (χ4v) is 3.47. The largest absolute Gasteiger partial charge is 0.481 e. The molecule has 0 saturated carbocycles. The van der Waals surface area contributed by atoms with E-state index in [9.17, 15) is 18.0 Å². The van der Waals surface area contributed by atoms with Crippen molar-refractivity contribution in [3.8, 4) is 0 Å². The molecule has 7 nitrogen and oxygen atoms in total. The zero-order valence-corrected chi connectivity index (χ0v) is 12.7. The summed E-state index contributed by atoms with van der Waals surface area (Å²) in [4.78, 5) is 22.9. The topological polar surface area (TPSA) is 110 Å². The molecule has 2 atom stereocenters. The van der Waals surface area contributed by atoms with Crippen LogP contribution in [0.3, 0.4) is 0 Å². The van der Waals surface area contributed by atoms with E-state index in [1.165, 1.54) is 0 Å². The molecule has 1 heterocycles. The van der Waals surface area contributed by atoms with Gasteiger partial charge in [-0.05, 0) is 33.6 Å². The van der Waals surface area contributed by atoms with Crippen LogP contribution in [0.2, 0.25) is 0 Å². The Bertz CT molecular complexity index is 479. The Kier molecular flexibility index (Phi) is 5.01. The number of hydrogen-bond acceptors (Lipinski definition) is 5. The molecule has 116 valence electrons. The van der Waals surface area contributed by atoms with Crippen LogP contribution in [0.1, 0.15) is 33.6 Å². The highest BCUT2D eigenvalue weighted by Gasteiger charge is 2.35. The van der Waals surface area contributed by atoms with Crippen molar-refractivity contribution in [1.29, 1.82) is 0 Å². The predicted octanol–water partition coefficient (Wildman–Crippen LogP) is 0.789. The Morgan fingerprint density at radius 3 is 2.25 bits per heavy atom. The van der Waals surface area contributed by atoms with Crippen LogP contribution in [0, 0.1) is 5.92 Å². The first-order valence-corrected chi connectivity index (χ1v) is 8.25. The lowest BCUT2D eigenvalue weighted by Crippen LogP contribution is -2.45. The van der Waals surface area contributed by atoms with Crippen molar-refractivity contribution in [3.63, 3.8) is 0 Å². The highest BCUT2D eigenvalue weighted by molar-refractivity contribution is 7.91. The van der Waals surface area contributed by atoms with Gasteiger partial charge in [0.1, 0.15) is 15.4 Å². The summed E-state index contributed by atoms with van der Waals surface area (Å²) in [5, 5.41) is 11.6. The monoisotopic (exact) mass is 307 g/mol. The molecule has 0 aliphatic carbocycles. The van der Waals surface area contributed by atoms with E-state index in [2.05, 4.69) is 5.32 Å². The third kappa shape index (κ3) is 5.36. The standard InChI is InChI=1S/C12H21NO6S/c1-12(2,3)19-11(16)13-9-5-7-20(17,18)6-4-8(9)10(14)15/h8-9H,4-7H2,1-3H3,(H,13,16)(H,14,15). The van der Waals surface area contributed by atoms with Gasteiger partial charge in [0.25, 0.3) is 0 Å². The molecule has 1 fully saturated rings. The molecule has 0 aromatic carbocycles. The Hall–Kier alpha value is -1.31. The van der Waals surface area contributed by atoms with Gasteiger partial charge in [0.15, 0.2) is 0 Å². The van der Waals surface area contributed by atoms with Crippen LogP contribution >= 0.6 is 0 Å². The maximum Gasteiger partial charge on any atom is 0.407 e.